The van der Waals surface area contributed by atoms with Gasteiger partial charge in [0, 0.05) is 0 Å². The third kappa shape index (κ3) is 295. The molecule has 0 atom stereocenters. The van der Waals surface area contributed by atoms with E-state index in [2.05, 4.69) is 0 Å². The van der Waals surface area contributed by atoms with Crippen molar-refractivity contribution in [3.63, 3.8) is 0 Å². The van der Waals surface area contributed by atoms with Crippen LogP contribution in [-0.2, 0) is 8.92 Å². The number of hydrogen-bond acceptors (Lipinski definition) is 2. The summed E-state index contributed by atoms with van der Waals surface area (Å²) in [5, 5.41) is 0. The maximum absolute atomic E-state index is 8.74. The molecule has 0 spiro atoms. The summed E-state index contributed by atoms with van der Waals surface area (Å²) in [6, 6.07) is 0. The maximum atomic E-state index is 8.74. The monoisotopic (exact) mass is 252 g/mol. The minimum atomic E-state index is -3.13. The fourth-order valence-corrected chi connectivity index (χ4v) is 0. The Balaban J connectivity index is -0.0000000171. The van der Waals surface area contributed by atoms with Gasteiger partial charge in [-0.2, -0.15) is 0 Å². The van der Waals surface area contributed by atoms with Crippen LogP contribution < -0.4 is 0 Å². The summed E-state index contributed by atoms with van der Waals surface area (Å²) in [6.07, 6.45) is 0. The van der Waals surface area contributed by atoms with Crippen LogP contribution in [0.4, 0.5) is 0 Å². The van der Waals surface area contributed by atoms with Crippen LogP contribution in [0.5, 0.6) is 0 Å². The number of rotatable bonds is 0. The van der Waals surface area contributed by atoms with Crippen LogP contribution in [0.3, 0.4) is 0 Å². The van der Waals surface area contributed by atoms with E-state index in [4.69, 9.17) is 28.1 Å². The molecule has 0 unspecified atom stereocenters. The fourth-order valence-electron chi connectivity index (χ4n) is 0. The van der Waals surface area contributed by atoms with Gasteiger partial charge in [-0.3, -0.25) is 8.92 Å². The molecule has 0 rings (SSSR count). The molecule has 0 radical (unpaired) electrons. The van der Waals surface area contributed by atoms with Crippen molar-refractivity contribution in [3.8, 4) is 0 Å². The molecular formula is H10AlCaNaO6Si2. The van der Waals surface area contributed by atoms with Gasteiger partial charge in [0.05, 0.1) is 0 Å². The van der Waals surface area contributed by atoms with E-state index in [1.165, 1.54) is 0 Å². The van der Waals surface area contributed by atoms with Crippen molar-refractivity contribution < 1.29 is 28.1 Å². The zero-order valence-corrected chi connectivity index (χ0v) is 5.61. The molecule has 0 heterocycles. The zero-order valence-electron chi connectivity index (χ0n) is 3.61. The molecular weight excluding hydrogens is 242 g/mol. The van der Waals surface area contributed by atoms with Gasteiger partial charge in [0.15, 0.2) is 17.4 Å². The Labute approximate surface area is 129 Å². The fraction of sp³-hybridized carbons (Fsp3) is 0. The molecule has 0 aromatic rings. The molecule has 0 bridgehead atoms. The summed E-state index contributed by atoms with van der Waals surface area (Å²) < 4.78 is 17.5. The van der Waals surface area contributed by atoms with Crippen LogP contribution in [-0.4, -0.2) is 122 Å². The third-order valence-electron chi connectivity index (χ3n) is 0. The average molecular weight is 252 g/mol. The van der Waals surface area contributed by atoms with E-state index in [1.54, 1.807) is 0 Å². The van der Waals surface area contributed by atoms with Crippen molar-refractivity contribution in [2.24, 2.45) is 0 Å². The van der Waals surface area contributed by atoms with E-state index >= 15 is 0 Å². The van der Waals surface area contributed by atoms with E-state index in [1.807, 2.05) is 0 Å². The Morgan fingerprint density at radius 3 is 0.818 bits per heavy atom. The standard InChI is InChI=1S/Al.Ca.Na.2H2O3Si.6H/c;;;2*1-4(2)3;;;;;;/h;;;2*1-2H;;;;;;. The quantitative estimate of drug-likeness (QED) is 0.319. The predicted octanol–water partition coefficient (Wildman–Crippen LogP) is -5.98. The van der Waals surface area contributed by atoms with Crippen molar-refractivity contribution in [2.45, 2.75) is 0 Å². The number of hydrogen-bond donors (Lipinski definition) is 4. The van der Waals surface area contributed by atoms with Crippen molar-refractivity contribution in [1.82, 2.24) is 0 Å². The predicted molar refractivity (Wildman–Crippen MR) is 47.4 cm³/mol. The summed E-state index contributed by atoms with van der Waals surface area (Å²) in [4.78, 5) is 28.6. The Hall–Kier alpha value is 2.03. The second kappa shape index (κ2) is 22.7. The first kappa shape index (κ1) is 29.2. The molecule has 0 aliphatic carbocycles. The second-order valence-electron chi connectivity index (χ2n) is 0.565. The van der Waals surface area contributed by atoms with E-state index in [-0.39, 0.29) is 84.7 Å². The van der Waals surface area contributed by atoms with E-state index in [0.29, 0.717) is 0 Å². The molecule has 6 nitrogen and oxygen atoms in total. The van der Waals surface area contributed by atoms with Crippen LogP contribution in [0.15, 0.2) is 0 Å². The van der Waals surface area contributed by atoms with Gasteiger partial charge in [-0.05, 0) is 0 Å². The molecule has 0 saturated heterocycles. The van der Waals surface area contributed by atoms with Crippen molar-refractivity contribution >= 4 is 103 Å². The van der Waals surface area contributed by atoms with Gasteiger partial charge in [0.25, 0.3) is 0 Å². The molecule has 60 valence electrons. The summed E-state index contributed by atoms with van der Waals surface area (Å²) in [5.74, 6) is 0. The van der Waals surface area contributed by atoms with Crippen LogP contribution in [0.25, 0.3) is 0 Å². The SMILES string of the molecule is O=[Si](O)O.O=[Si](O)O.[AlH3].[CaH2].[NaH]. The van der Waals surface area contributed by atoms with Crippen molar-refractivity contribution in [1.29, 1.82) is 0 Å². The van der Waals surface area contributed by atoms with E-state index < -0.39 is 18.3 Å². The topological polar surface area (TPSA) is 115 Å². The molecule has 0 amide bonds. The van der Waals surface area contributed by atoms with Crippen LogP contribution in [0.1, 0.15) is 0 Å². The van der Waals surface area contributed by atoms with Crippen molar-refractivity contribution in [3.05, 3.63) is 0 Å². The molecule has 0 aromatic heterocycles. The first-order valence-electron chi connectivity index (χ1n) is 1.30. The van der Waals surface area contributed by atoms with Gasteiger partial charge < -0.3 is 19.2 Å². The molecule has 11 heteroatoms. The Morgan fingerprint density at radius 2 is 0.818 bits per heavy atom. The second-order valence-corrected chi connectivity index (χ2v) is 1.70. The average Bonchev–Trinajstić information content (AvgIpc) is 1.25. The third-order valence-corrected chi connectivity index (χ3v) is 0. The molecule has 0 aliphatic heterocycles. The van der Waals surface area contributed by atoms with Gasteiger partial charge in [0.1, 0.15) is 0 Å². The van der Waals surface area contributed by atoms with Gasteiger partial charge in [-0.15, -0.1) is 0 Å². The summed E-state index contributed by atoms with van der Waals surface area (Å²) >= 11 is 0. The first-order chi connectivity index (χ1) is 3.46. The Kier molecular flexibility index (Phi) is 60.3. The molecule has 11 heavy (non-hydrogen) atoms. The summed E-state index contributed by atoms with van der Waals surface area (Å²) in [5.41, 5.74) is 0. The molecule has 0 aliphatic rings. The van der Waals surface area contributed by atoms with Crippen LogP contribution in [0.2, 0.25) is 0 Å². The summed E-state index contributed by atoms with van der Waals surface area (Å²) in [7, 11) is -6.26. The molecule has 4 N–H and O–H groups in total. The zero-order chi connectivity index (χ0) is 7.15. The van der Waals surface area contributed by atoms with Gasteiger partial charge in [0.2, 0.25) is 0 Å². The minimum absolute atomic E-state index is 0. The van der Waals surface area contributed by atoms with Crippen LogP contribution in [0, 0.1) is 0 Å². The van der Waals surface area contributed by atoms with Gasteiger partial charge >= 0.3 is 85.6 Å². The Bertz CT molecular complexity index is 78.6. The van der Waals surface area contributed by atoms with E-state index in [9.17, 15) is 0 Å². The van der Waals surface area contributed by atoms with Gasteiger partial charge in [-0.25, -0.2) is 0 Å². The first-order valence-corrected chi connectivity index (χ1v) is 3.91. The normalized spacial score (nSPS) is 4.36. The van der Waals surface area contributed by atoms with Crippen molar-refractivity contribution in [2.75, 3.05) is 0 Å². The Morgan fingerprint density at radius 1 is 0.818 bits per heavy atom. The molecule has 0 aromatic carbocycles. The van der Waals surface area contributed by atoms with E-state index in [0.717, 1.165) is 0 Å². The van der Waals surface area contributed by atoms with Crippen LogP contribution >= 0.6 is 0 Å². The molecule has 0 fully saturated rings. The van der Waals surface area contributed by atoms with Gasteiger partial charge in [-0.1, -0.05) is 0 Å². The molecule has 0 saturated carbocycles. The summed E-state index contributed by atoms with van der Waals surface area (Å²) in [6.45, 7) is 0.